The maximum atomic E-state index is 12.4. The van der Waals surface area contributed by atoms with Crippen molar-refractivity contribution in [2.45, 2.75) is 44.7 Å². The molecule has 2 heterocycles. The molecule has 102 valence electrons. The van der Waals surface area contributed by atoms with Crippen molar-refractivity contribution in [3.63, 3.8) is 0 Å². The summed E-state index contributed by atoms with van der Waals surface area (Å²) in [4.78, 5) is 20.4. The third kappa shape index (κ3) is 1.98. The summed E-state index contributed by atoms with van der Waals surface area (Å²) in [5, 5.41) is 0.483. The van der Waals surface area contributed by atoms with Crippen LogP contribution in [0.4, 0.5) is 11.4 Å². The van der Waals surface area contributed by atoms with E-state index in [1.54, 1.807) is 18.1 Å². The van der Waals surface area contributed by atoms with Crippen molar-refractivity contribution in [1.29, 1.82) is 0 Å². The molecule has 1 aromatic rings. The Labute approximate surface area is 118 Å². The van der Waals surface area contributed by atoms with E-state index >= 15 is 0 Å². The molecule has 0 N–H and O–H groups in total. The maximum Gasteiger partial charge on any atom is 0.249 e. The minimum Gasteiger partial charge on any atom is -0.355 e. The van der Waals surface area contributed by atoms with Gasteiger partial charge in [0.15, 0.2) is 0 Å². The summed E-state index contributed by atoms with van der Waals surface area (Å²) in [6.45, 7) is 1.98. The molecule has 1 aliphatic heterocycles. The van der Waals surface area contributed by atoms with Gasteiger partial charge in [0.1, 0.15) is 11.2 Å². The van der Waals surface area contributed by atoms with Crippen LogP contribution in [0.15, 0.2) is 12.3 Å². The number of fused-ring (bicyclic) bond motifs is 1. The Morgan fingerprint density at radius 2 is 2.00 bits per heavy atom. The fraction of sp³-hybridized carbons (Fsp3) is 0.571. The molecule has 1 atom stereocenters. The van der Waals surface area contributed by atoms with Crippen molar-refractivity contribution in [1.82, 2.24) is 4.98 Å². The smallest absolute Gasteiger partial charge is 0.249 e. The number of carbonyl (C=O) groups is 1. The quantitative estimate of drug-likeness (QED) is 0.742. The second kappa shape index (κ2) is 4.67. The minimum atomic E-state index is -0.126. The van der Waals surface area contributed by atoms with Crippen LogP contribution < -0.4 is 9.80 Å². The average Bonchev–Trinajstić information content (AvgIpc) is 2.90. The highest BCUT2D eigenvalue weighted by molar-refractivity contribution is 6.30. The van der Waals surface area contributed by atoms with Crippen molar-refractivity contribution in [2.75, 3.05) is 16.8 Å². The zero-order chi connectivity index (χ0) is 13.6. The Kier molecular flexibility index (Phi) is 3.13. The first-order valence-electron chi connectivity index (χ1n) is 6.81. The van der Waals surface area contributed by atoms with Gasteiger partial charge in [0.25, 0.3) is 0 Å². The predicted molar refractivity (Wildman–Crippen MR) is 76.9 cm³/mol. The van der Waals surface area contributed by atoms with Crippen LogP contribution >= 0.6 is 11.6 Å². The van der Waals surface area contributed by atoms with Gasteiger partial charge in [-0.2, -0.15) is 0 Å². The predicted octanol–water partition coefficient (Wildman–Crippen LogP) is 2.85. The van der Waals surface area contributed by atoms with E-state index in [1.807, 2.05) is 13.0 Å². The van der Waals surface area contributed by atoms with Gasteiger partial charge in [0, 0.05) is 19.2 Å². The second-order valence-electron chi connectivity index (χ2n) is 5.41. The molecule has 5 heteroatoms. The molecule has 1 aliphatic carbocycles. The molecule has 1 aromatic heterocycles. The largest absolute Gasteiger partial charge is 0.355 e. The van der Waals surface area contributed by atoms with Gasteiger partial charge < -0.3 is 9.80 Å². The number of aromatic nitrogens is 1. The van der Waals surface area contributed by atoms with Crippen molar-refractivity contribution in [3.05, 3.63) is 17.4 Å². The highest BCUT2D eigenvalue weighted by atomic mass is 35.5. The number of pyridine rings is 1. The molecule has 3 rings (SSSR count). The lowest BCUT2D eigenvalue weighted by molar-refractivity contribution is -0.119. The Morgan fingerprint density at radius 1 is 1.32 bits per heavy atom. The fourth-order valence-electron chi connectivity index (χ4n) is 3.30. The molecule has 0 spiro atoms. The number of amides is 1. The van der Waals surface area contributed by atoms with E-state index in [4.69, 9.17) is 11.6 Å². The lowest BCUT2D eigenvalue weighted by Gasteiger charge is -2.43. The van der Waals surface area contributed by atoms with Crippen molar-refractivity contribution >= 4 is 28.9 Å². The van der Waals surface area contributed by atoms with Gasteiger partial charge in [0.2, 0.25) is 5.91 Å². The molecule has 0 saturated heterocycles. The third-order valence-electron chi connectivity index (χ3n) is 4.29. The van der Waals surface area contributed by atoms with E-state index < -0.39 is 0 Å². The van der Waals surface area contributed by atoms with Crippen molar-refractivity contribution in [2.24, 2.45) is 0 Å². The first-order valence-corrected chi connectivity index (χ1v) is 7.19. The van der Waals surface area contributed by atoms with Gasteiger partial charge >= 0.3 is 0 Å². The monoisotopic (exact) mass is 279 g/mol. The summed E-state index contributed by atoms with van der Waals surface area (Å²) >= 11 is 6.04. The van der Waals surface area contributed by atoms with Gasteiger partial charge in [-0.05, 0) is 19.8 Å². The number of anilines is 2. The zero-order valence-corrected chi connectivity index (χ0v) is 12.0. The highest BCUT2D eigenvalue weighted by Crippen LogP contribution is 2.40. The molecule has 0 unspecified atom stereocenters. The number of hydrogen-bond donors (Lipinski definition) is 0. The lowest BCUT2D eigenvalue weighted by Crippen LogP contribution is -2.54. The first kappa shape index (κ1) is 12.7. The molecule has 0 radical (unpaired) electrons. The molecule has 1 amide bonds. The highest BCUT2D eigenvalue weighted by Gasteiger charge is 2.38. The molecular weight excluding hydrogens is 262 g/mol. The fourth-order valence-corrected chi connectivity index (χ4v) is 3.45. The van der Waals surface area contributed by atoms with E-state index in [9.17, 15) is 4.79 Å². The molecule has 19 heavy (non-hydrogen) atoms. The Balaban J connectivity index is 2.10. The summed E-state index contributed by atoms with van der Waals surface area (Å²) in [7, 11) is 1.80. The summed E-state index contributed by atoms with van der Waals surface area (Å²) in [6, 6.07) is 2.21. The second-order valence-corrected chi connectivity index (χ2v) is 5.80. The Bertz CT molecular complexity index is 513. The summed E-state index contributed by atoms with van der Waals surface area (Å²) < 4.78 is 0. The van der Waals surface area contributed by atoms with Crippen LogP contribution in [0.3, 0.4) is 0 Å². The normalized spacial score (nSPS) is 23.9. The van der Waals surface area contributed by atoms with Crippen LogP contribution in [0.2, 0.25) is 5.15 Å². The summed E-state index contributed by atoms with van der Waals surface area (Å²) in [6.07, 6.45) is 6.49. The molecule has 1 saturated carbocycles. The summed E-state index contributed by atoms with van der Waals surface area (Å²) in [5.41, 5.74) is 1.90. The van der Waals surface area contributed by atoms with E-state index in [-0.39, 0.29) is 11.9 Å². The lowest BCUT2D eigenvalue weighted by atomic mass is 10.0. The Hall–Kier alpha value is -1.29. The number of carbonyl (C=O) groups excluding carboxylic acids is 1. The van der Waals surface area contributed by atoms with Gasteiger partial charge in [0.05, 0.1) is 17.6 Å². The maximum absolute atomic E-state index is 12.4. The number of nitrogens with zero attached hydrogens (tertiary/aromatic N) is 3. The van der Waals surface area contributed by atoms with Gasteiger partial charge in [-0.3, -0.25) is 4.79 Å². The van der Waals surface area contributed by atoms with Crippen LogP contribution in [0.1, 0.15) is 32.6 Å². The molecule has 0 aromatic carbocycles. The zero-order valence-electron chi connectivity index (χ0n) is 11.3. The molecule has 0 bridgehead atoms. The molecular formula is C14H18ClN3O. The number of hydrogen-bond acceptors (Lipinski definition) is 3. The van der Waals surface area contributed by atoms with Crippen LogP contribution in [-0.4, -0.2) is 30.0 Å². The van der Waals surface area contributed by atoms with Crippen molar-refractivity contribution < 1.29 is 4.79 Å². The van der Waals surface area contributed by atoms with E-state index in [2.05, 4.69) is 9.88 Å². The molecule has 4 nitrogen and oxygen atoms in total. The first-order chi connectivity index (χ1) is 9.09. The van der Waals surface area contributed by atoms with Crippen molar-refractivity contribution in [3.8, 4) is 0 Å². The van der Waals surface area contributed by atoms with Crippen LogP contribution in [-0.2, 0) is 4.79 Å². The number of halogens is 1. The van der Waals surface area contributed by atoms with E-state index in [0.29, 0.717) is 11.2 Å². The third-order valence-corrected chi connectivity index (χ3v) is 4.50. The number of rotatable bonds is 1. The molecule has 2 aliphatic rings. The van der Waals surface area contributed by atoms with Gasteiger partial charge in [-0.1, -0.05) is 24.4 Å². The topological polar surface area (TPSA) is 36.4 Å². The minimum absolute atomic E-state index is 0.126. The van der Waals surface area contributed by atoms with E-state index in [1.165, 1.54) is 12.8 Å². The van der Waals surface area contributed by atoms with E-state index in [0.717, 1.165) is 24.2 Å². The Morgan fingerprint density at radius 3 is 2.68 bits per heavy atom. The SMILES string of the molecule is C[C@@H]1C(=O)N(C)c2cnc(Cl)cc2N1C1CCCC1. The van der Waals surface area contributed by atoms with Gasteiger partial charge in [-0.15, -0.1) is 0 Å². The summed E-state index contributed by atoms with van der Waals surface area (Å²) in [5.74, 6) is 0.128. The molecule has 1 fully saturated rings. The van der Waals surface area contributed by atoms with Crippen LogP contribution in [0.25, 0.3) is 0 Å². The number of likely N-dealkylation sites (N-methyl/N-ethyl adjacent to an activating group) is 1. The van der Waals surface area contributed by atoms with Gasteiger partial charge in [-0.25, -0.2) is 4.98 Å². The van der Waals surface area contributed by atoms with Crippen LogP contribution in [0.5, 0.6) is 0 Å². The average molecular weight is 280 g/mol. The standard InChI is InChI=1S/C14H18ClN3O/c1-9-14(19)17(2)12-8-16-13(15)7-11(12)18(9)10-5-3-4-6-10/h7-10H,3-6H2,1-2H3/t9-/m1/s1. The van der Waals surface area contributed by atoms with Crippen LogP contribution in [0, 0.1) is 0 Å².